The van der Waals surface area contributed by atoms with Gasteiger partial charge in [0.25, 0.3) is 17.5 Å². The van der Waals surface area contributed by atoms with Gasteiger partial charge in [0.15, 0.2) is 4.34 Å². The molecule has 158 valence electrons. The van der Waals surface area contributed by atoms with Crippen LogP contribution in [0.5, 0.6) is 0 Å². The van der Waals surface area contributed by atoms with Gasteiger partial charge in [-0.1, -0.05) is 30.0 Å². The molecule has 0 aliphatic carbocycles. The van der Waals surface area contributed by atoms with Crippen molar-refractivity contribution in [2.45, 2.75) is 10.1 Å². The zero-order valence-electron chi connectivity index (χ0n) is 16.1. The Balaban J connectivity index is 1.43. The molecule has 1 aromatic heterocycles. The molecule has 1 aliphatic rings. The Morgan fingerprint density at radius 1 is 1.06 bits per heavy atom. The van der Waals surface area contributed by atoms with E-state index in [2.05, 4.69) is 4.98 Å². The summed E-state index contributed by atoms with van der Waals surface area (Å²) in [4.78, 5) is 41.9. The summed E-state index contributed by atoms with van der Waals surface area (Å²) in [6, 6.07) is 15.3. The highest BCUT2D eigenvalue weighted by atomic mass is 32.2. The summed E-state index contributed by atoms with van der Waals surface area (Å²) in [7, 11) is 0. The summed E-state index contributed by atoms with van der Waals surface area (Å²) in [6.07, 6.45) is 0. The van der Waals surface area contributed by atoms with Gasteiger partial charge in [0, 0.05) is 11.8 Å². The average molecular weight is 465 g/mol. The SMILES string of the molecule is O=C1c2cccc([N+](=O)[O-])c2C(=O)N1c1ccc2nc(SCc3ccc(F)cc3)sc2c1. The number of halogens is 1. The minimum atomic E-state index is -0.716. The number of nitrogens with zero attached hydrogens (tertiary/aromatic N) is 3. The summed E-state index contributed by atoms with van der Waals surface area (Å²) >= 11 is 2.91. The number of anilines is 1. The summed E-state index contributed by atoms with van der Waals surface area (Å²) < 4.78 is 14.6. The Hall–Kier alpha value is -3.63. The standard InChI is InChI=1S/C22H12FN3O4S2/c23-13-6-4-12(5-7-13)11-31-22-24-16-9-8-14(10-18(16)32-22)25-20(27)15-2-1-3-17(26(29)30)19(15)21(25)28/h1-10H,11H2. The minimum Gasteiger partial charge on any atom is -0.268 e. The van der Waals surface area contributed by atoms with E-state index in [1.165, 1.54) is 53.4 Å². The fourth-order valence-corrected chi connectivity index (χ4v) is 5.53. The zero-order chi connectivity index (χ0) is 22.4. The van der Waals surface area contributed by atoms with Gasteiger partial charge >= 0.3 is 0 Å². The van der Waals surface area contributed by atoms with Gasteiger partial charge < -0.3 is 0 Å². The first-order valence-corrected chi connectivity index (χ1v) is 11.2. The molecule has 10 heteroatoms. The molecule has 1 aliphatic heterocycles. The fourth-order valence-electron chi connectivity index (χ4n) is 3.47. The van der Waals surface area contributed by atoms with Crippen LogP contribution in [-0.4, -0.2) is 21.7 Å². The average Bonchev–Trinajstić information content (AvgIpc) is 3.31. The van der Waals surface area contributed by atoms with E-state index >= 15 is 0 Å². The van der Waals surface area contributed by atoms with Crippen LogP contribution in [0.15, 0.2) is 65.0 Å². The lowest BCUT2D eigenvalue weighted by atomic mass is 10.1. The Morgan fingerprint density at radius 2 is 1.84 bits per heavy atom. The number of rotatable bonds is 5. The highest BCUT2D eigenvalue weighted by Gasteiger charge is 2.41. The van der Waals surface area contributed by atoms with Gasteiger partial charge in [-0.3, -0.25) is 19.7 Å². The molecule has 0 spiro atoms. The zero-order valence-corrected chi connectivity index (χ0v) is 17.8. The first kappa shape index (κ1) is 20.3. The van der Waals surface area contributed by atoms with E-state index in [9.17, 15) is 24.1 Å². The van der Waals surface area contributed by atoms with E-state index < -0.39 is 16.7 Å². The van der Waals surface area contributed by atoms with Gasteiger partial charge in [0.1, 0.15) is 11.4 Å². The monoisotopic (exact) mass is 465 g/mol. The van der Waals surface area contributed by atoms with Crippen LogP contribution < -0.4 is 4.90 Å². The molecule has 0 saturated carbocycles. The largest absolute Gasteiger partial charge is 0.283 e. The lowest BCUT2D eigenvalue weighted by molar-refractivity contribution is -0.385. The van der Waals surface area contributed by atoms with Crippen LogP contribution in [-0.2, 0) is 5.75 Å². The van der Waals surface area contributed by atoms with Gasteiger partial charge in [0.05, 0.1) is 26.4 Å². The number of nitro groups is 1. The molecule has 0 bridgehead atoms. The summed E-state index contributed by atoms with van der Waals surface area (Å²) in [6.45, 7) is 0. The molecule has 3 aromatic carbocycles. The molecule has 0 unspecified atom stereocenters. The molecule has 0 saturated heterocycles. The second-order valence-corrected chi connectivity index (χ2v) is 9.20. The normalized spacial score (nSPS) is 13.1. The van der Waals surface area contributed by atoms with Crippen molar-refractivity contribution in [1.82, 2.24) is 4.98 Å². The second-order valence-electron chi connectivity index (χ2n) is 6.95. The fraction of sp³-hybridized carbons (Fsp3) is 0.0455. The van der Waals surface area contributed by atoms with E-state index in [4.69, 9.17) is 0 Å². The molecule has 0 radical (unpaired) electrons. The molecule has 0 atom stereocenters. The van der Waals surface area contributed by atoms with E-state index in [0.717, 1.165) is 19.5 Å². The van der Waals surface area contributed by atoms with Crippen LogP contribution in [0.1, 0.15) is 26.3 Å². The summed E-state index contributed by atoms with van der Waals surface area (Å²) in [5.41, 5.74) is 1.44. The third-order valence-electron chi connectivity index (χ3n) is 4.98. The molecule has 0 fully saturated rings. The van der Waals surface area contributed by atoms with Crippen LogP contribution in [0.3, 0.4) is 0 Å². The van der Waals surface area contributed by atoms with Gasteiger partial charge in [-0.05, 0) is 42.0 Å². The Bertz CT molecular complexity index is 1420. The van der Waals surface area contributed by atoms with Crippen LogP contribution in [0.2, 0.25) is 0 Å². The number of thioether (sulfide) groups is 1. The van der Waals surface area contributed by atoms with Crippen LogP contribution in [0, 0.1) is 15.9 Å². The number of hydrogen-bond acceptors (Lipinski definition) is 7. The minimum absolute atomic E-state index is 0.0177. The summed E-state index contributed by atoms with van der Waals surface area (Å²) in [5.74, 6) is -0.977. The van der Waals surface area contributed by atoms with Crippen molar-refractivity contribution >= 4 is 56.5 Å². The van der Waals surface area contributed by atoms with E-state index in [-0.39, 0.29) is 22.6 Å². The first-order chi connectivity index (χ1) is 15.4. The Kier molecular flexibility index (Phi) is 4.95. The van der Waals surface area contributed by atoms with Crippen LogP contribution in [0.4, 0.5) is 15.8 Å². The first-order valence-electron chi connectivity index (χ1n) is 9.36. The van der Waals surface area contributed by atoms with Gasteiger partial charge in [-0.25, -0.2) is 14.3 Å². The summed E-state index contributed by atoms with van der Waals surface area (Å²) in [5, 5.41) is 11.3. The van der Waals surface area contributed by atoms with Crippen LogP contribution in [0.25, 0.3) is 10.2 Å². The van der Waals surface area contributed by atoms with Crippen molar-refractivity contribution in [2.24, 2.45) is 0 Å². The Morgan fingerprint density at radius 3 is 2.59 bits per heavy atom. The van der Waals surface area contributed by atoms with Gasteiger partial charge in [0.2, 0.25) is 0 Å². The number of benzene rings is 3. The van der Waals surface area contributed by atoms with E-state index in [1.807, 2.05) is 0 Å². The Labute approximate surface area is 188 Å². The van der Waals surface area contributed by atoms with Crippen molar-refractivity contribution in [1.29, 1.82) is 0 Å². The third-order valence-corrected chi connectivity index (χ3v) is 7.21. The number of hydrogen-bond donors (Lipinski definition) is 0. The van der Waals surface area contributed by atoms with Crippen molar-refractivity contribution < 1.29 is 18.9 Å². The number of carbonyl (C=O) groups is 2. The maximum Gasteiger partial charge on any atom is 0.283 e. The smallest absolute Gasteiger partial charge is 0.268 e. The van der Waals surface area contributed by atoms with Gasteiger partial charge in [-0.2, -0.15) is 0 Å². The van der Waals surface area contributed by atoms with E-state index in [0.29, 0.717) is 17.0 Å². The second kappa shape index (κ2) is 7.81. The van der Waals surface area contributed by atoms with Crippen molar-refractivity contribution in [3.8, 4) is 0 Å². The quantitative estimate of drug-likeness (QED) is 0.169. The lowest BCUT2D eigenvalue weighted by Gasteiger charge is -2.13. The molecular weight excluding hydrogens is 453 g/mol. The maximum atomic E-state index is 13.1. The van der Waals surface area contributed by atoms with Crippen molar-refractivity contribution in [3.05, 3.63) is 93.3 Å². The highest BCUT2D eigenvalue weighted by Crippen LogP contribution is 2.37. The molecule has 5 rings (SSSR count). The number of nitro benzene ring substituents is 1. The van der Waals surface area contributed by atoms with Gasteiger partial charge in [-0.15, -0.1) is 11.3 Å². The van der Waals surface area contributed by atoms with Crippen molar-refractivity contribution in [3.63, 3.8) is 0 Å². The molecule has 7 nitrogen and oxygen atoms in total. The third kappa shape index (κ3) is 3.43. The number of fused-ring (bicyclic) bond motifs is 2. The number of carbonyl (C=O) groups excluding carboxylic acids is 2. The predicted octanol–water partition coefficient (Wildman–Crippen LogP) is 5.44. The topological polar surface area (TPSA) is 93.4 Å². The lowest BCUT2D eigenvalue weighted by Crippen LogP contribution is -2.29. The molecule has 0 N–H and O–H groups in total. The van der Waals surface area contributed by atoms with Crippen LogP contribution >= 0.6 is 23.1 Å². The number of amides is 2. The predicted molar refractivity (Wildman–Crippen MR) is 120 cm³/mol. The number of imide groups is 1. The molecule has 4 aromatic rings. The molecule has 2 heterocycles. The number of thiazole rings is 1. The number of aromatic nitrogens is 1. The van der Waals surface area contributed by atoms with Crippen molar-refractivity contribution in [2.75, 3.05) is 4.90 Å². The molecule has 2 amide bonds. The molecule has 32 heavy (non-hydrogen) atoms. The van der Waals surface area contributed by atoms with E-state index in [1.54, 1.807) is 30.3 Å². The maximum absolute atomic E-state index is 13.1. The highest BCUT2D eigenvalue weighted by molar-refractivity contribution is 8.00. The molecular formula is C22H12FN3O4S2.